The van der Waals surface area contributed by atoms with Gasteiger partial charge in [-0.1, -0.05) is 18.2 Å². The topological polar surface area (TPSA) is 84.5 Å². The average Bonchev–Trinajstić information content (AvgIpc) is 2.71. The van der Waals surface area contributed by atoms with Crippen LogP contribution in [0.1, 0.15) is 66.7 Å². The fraction of sp³-hybridized carbons (Fsp3) is 0.435. The van der Waals surface area contributed by atoms with E-state index in [1.54, 1.807) is 19.9 Å². The minimum absolute atomic E-state index is 0.0483. The maximum Gasteiger partial charge on any atom is 0.251 e. The summed E-state index contributed by atoms with van der Waals surface area (Å²) in [6.07, 6.45) is 4.62. The Hall–Kier alpha value is -2.38. The highest BCUT2D eigenvalue weighted by atomic mass is 32.2. The third-order valence-corrected chi connectivity index (χ3v) is 7.01. The van der Waals surface area contributed by atoms with Gasteiger partial charge in [-0.05, 0) is 81.3 Å². The monoisotopic (exact) mass is 430 g/mol. The first-order valence-electron chi connectivity index (χ1n) is 10.3. The van der Waals surface area contributed by atoms with Crippen molar-refractivity contribution in [2.45, 2.75) is 63.4 Å². The molecule has 7 heteroatoms. The average molecular weight is 431 g/mol. The minimum atomic E-state index is -3.80. The number of fused-ring (bicyclic) bond motifs is 1. The molecule has 0 bridgehead atoms. The summed E-state index contributed by atoms with van der Waals surface area (Å²) in [5.74, 6) is -0.133. The second kappa shape index (κ2) is 9.18. The number of aryl methyl sites for hydroxylation is 2. The largest absolute Gasteiger partial charge is 0.495 e. The number of carbonyl (C=O) groups excluding carboxylic acids is 1. The van der Waals surface area contributed by atoms with Gasteiger partial charge in [0.15, 0.2) is 0 Å². The van der Waals surface area contributed by atoms with Crippen LogP contribution in [0.5, 0.6) is 5.75 Å². The molecular weight excluding hydrogens is 400 g/mol. The van der Waals surface area contributed by atoms with Crippen LogP contribution in [0.15, 0.2) is 41.3 Å². The number of sulfonamides is 1. The molecule has 0 saturated carbocycles. The van der Waals surface area contributed by atoms with Gasteiger partial charge in [0, 0.05) is 11.6 Å². The first-order chi connectivity index (χ1) is 14.2. The van der Waals surface area contributed by atoms with Gasteiger partial charge in [-0.3, -0.25) is 4.79 Å². The molecule has 0 heterocycles. The summed E-state index contributed by atoms with van der Waals surface area (Å²) in [6, 6.07) is 10.4. The fourth-order valence-corrected chi connectivity index (χ4v) is 5.23. The smallest absolute Gasteiger partial charge is 0.251 e. The molecule has 2 aromatic carbocycles. The SMILES string of the molecule is COc1ccc(C(=O)NC(C)c2ccc3c(c2)CCCC3)cc1S(=O)(=O)NC(C)C. The second-order valence-electron chi connectivity index (χ2n) is 8.07. The number of carbonyl (C=O) groups is 1. The van der Waals surface area contributed by atoms with E-state index < -0.39 is 10.0 Å². The van der Waals surface area contributed by atoms with Crippen LogP contribution in [0.2, 0.25) is 0 Å². The lowest BCUT2D eigenvalue weighted by molar-refractivity contribution is 0.0939. The predicted octanol–water partition coefficient (Wildman–Crippen LogP) is 3.75. The van der Waals surface area contributed by atoms with Crippen molar-refractivity contribution in [1.82, 2.24) is 10.0 Å². The molecule has 30 heavy (non-hydrogen) atoms. The molecule has 1 unspecified atom stereocenters. The molecule has 1 amide bonds. The lowest BCUT2D eigenvalue weighted by Crippen LogP contribution is -2.31. The van der Waals surface area contributed by atoms with Crippen molar-refractivity contribution < 1.29 is 17.9 Å². The first-order valence-corrected chi connectivity index (χ1v) is 11.8. The van der Waals surface area contributed by atoms with E-state index in [2.05, 4.69) is 28.2 Å². The second-order valence-corrected chi connectivity index (χ2v) is 9.75. The van der Waals surface area contributed by atoms with Gasteiger partial charge in [0.1, 0.15) is 10.6 Å². The maximum atomic E-state index is 12.9. The number of hydrogen-bond acceptors (Lipinski definition) is 4. The number of nitrogens with one attached hydrogen (secondary N) is 2. The molecule has 0 aromatic heterocycles. The molecular formula is C23H30N2O4S. The van der Waals surface area contributed by atoms with Gasteiger partial charge < -0.3 is 10.1 Å². The Morgan fingerprint density at radius 2 is 1.70 bits per heavy atom. The highest BCUT2D eigenvalue weighted by Gasteiger charge is 2.23. The zero-order valence-corrected chi connectivity index (χ0v) is 18.8. The molecule has 2 N–H and O–H groups in total. The lowest BCUT2D eigenvalue weighted by Gasteiger charge is -2.20. The van der Waals surface area contributed by atoms with Crippen LogP contribution in [0, 0.1) is 0 Å². The van der Waals surface area contributed by atoms with Crippen molar-refractivity contribution in [3.05, 3.63) is 58.7 Å². The van der Waals surface area contributed by atoms with Gasteiger partial charge >= 0.3 is 0 Å². The van der Waals surface area contributed by atoms with Crippen LogP contribution >= 0.6 is 0 Å². The van der Waals surface area contributed by atoms with Crippen molar-refractivity contribution >= 4 is 15.9 Å². The van der Waals surface area contributed by atoms with E-state index >= 15 is 0 Å². The summed E-state index contributed by atoms with van der Waals surface area (Å²) in [4.78, 5) is 12.8. The third-order valence-electron chi connectivity index (χ3n) is 5.33. The van der Waals surface area contributed by atoms with E-state index in [4.69, 9.17) is 4.74 Å². The molecule has 1 atom stereocenters. The minimum Gasteiger partial charge on any atom is -0.495 e. The predicted molar refractivity (Wildman–Crippen MR) is 117 cm³/mol. The Bertz CT molecular complexity index is 1030. The molecule has 2 aromatic rings. The zero-order chi connectivity index (χ0) is 21.9. The summed E-state index contributed by atoms with van der Waals surface area (Å²) in [7, 11) is -2.40. The Balaban J connectivity index is 1.82. The number of hydrogen-bond donors (Lipinski definition) is 2. The Kier molecular flexibility index (Phi) is 6.83. The van der Waals surface area contributed by atoms with Crippen LogP contribution in [0.25, 0.3) is 0 Å². The summed E-state index contributed by atoms with van der Waals surface area (Å²) in [5, 5.41) is 2.98. The van der Waals surface area contributed by atoms with Crippen molar-refractivity contribution in [3.8, 4) is 5.75 Å². The molecule has 1 aliphatic carbocycles. The summed E-state index contributed by atoms with van der Waals surface area (Å²) >= 11 is 0. The Morgan fingerprint density at radius 1 is 1.00 bits per heavy atom. The molecule has 162 valence electrons. The normalized spacial score (nSPS) is 14.8. The van der Waals surface area contributed by atoms with E-state index in [0.717, 1.165) is 18.4 Å². The van der Waals surface area contributed by atoms with E-state index in [1.165, 1.54) is 43.2 Å². The Labute approximate surface area is 179 Å². The van der Waals surface area contributed by atoms with Crippen molar-refractivity contribution in [1.29, 1.82) is 0 Å². The van der Waals surface area contributed by atoms with Gasteiger partial charge in [0.2, 0.25) is 10.0 Å². The van der Waals surface area contributed by atoms with E-state index in [1.807, 2.05) is 6.92 Å². The molecule has 1 aliphatic rings. The summed E-state index contributed by atoms with van der Waals surface area (Å²) in [6.45, 7) is 5.41. The Morgan fingerprint density at radius 3 is 2.37 bits per heavy atom. The van der Waals surface area contributed by atoms with Gasteiger partial charge in [-0.2, -0.15) is 0 Å². The first kappa shape index (κ1) is 22.3. The van der Waals surface area contributed by atoms with Gasteiger partial charge in [0.05, 0.1) is 13.2 Å². The van der Waals surface area contributed by atoms with Crippen LogP contribution in [-0.4, -0.2) is 27.5 Å². The van der Waals surface area contributed by atoms with E-state index in [0.29, 0.717) is 0 Å². The van der Waals surface area contributed by atoms with Crippen molar-refractivity contribution in [3.63, 3.8) is 0 Å². The fourth-order valence-electron chi connectivity index (χ4n) is 3.79. The summed E-state index contributed by atoms with van der Waals surface area (Å²) in [5.41, 5.74) is 4.07. The van der Waals surface area contributed by atoms with Crippen LogP contribution in [0.4, 0.5) is 0 Å². The number of ether oxygens (including phenoxy) is 1. The summed E-state index contributed by atoms with van der Waals surface area (Å²) < 4.78 is 33.0. The highest BCUT2D eigenvalue weighted by molar-refractivity contribution is 7.89. The zero-order valence-electron chi connectivity index (χ0n) is 18.0. The van der Waals surface area contributed by atoms with Gasteiger partial charge in [0.25, 0.3) is 5.91 Å². The molecule has 6 nitrogen and oxygen atoms in total. The molecule has 0 aliphatic heterocycles. The molecule has 3 rings (SSSR count). The quantitative estimate of drug-likeness (QED) is 0.701. The van der Waals surface area contributed by atoms with Crippen LogP contribution in [0.3, 0.4) is 0 Å². The van der Waals surface area contributed by atoms with E-state index in [9.17, 15) is 13.2 Å². The number of rotatable bonds is 7. The number of benzene rings is 2. The highest BCUT2D eigenvalue weighted by Crippen LogP contribution is 2.27. The van der Waals surface area contributed by atoms with Gasteiger partial charge in [-0.15, -0.1) is 0 Å². The lowest BCUT2D eigenvalue weighted by atomic mass is 9.89. The molecule has 0 saturated heterocycles. The standard InChI is InChI=1S/C23H30N2O4S/c1-15(2)25-30(27,28)22-14-20(11-12-21(22)29-4)23(26)24-16(3)18-10-9-17-7-5-6-8-19(17)13-18/h9-16,25H,5-8H2,1-4H3,(H,24,26). The van der Waals surface area contributed by atoms with Crippen LogP contribution < -0.4 is 14.8 Å². The number of amides is 1. The molecule has 0 fully saturated rings. The maximum absolute atomic E-state index is 12.9. The van der Waals surface area contributed by atoms with E-state index in [-0.39, 0.29) is 34.2 Å². The van der Waals surface area contributed by atoms with Crippen molar-refractivity contribution in [2.75, 3.05) is 7.11 Å². The number of methoxy groups -OCH3 is 1. The van der Waals surface area contributed by atoms with Crippen molar-refractivity contribution in [2.24, 2.45) is 0 Å². The third kappa shape index (κ3) is 5.02. The molecule has 0 radical (unpaired) electrons. The molecule has 0 spiro atoms. The van der Waals surface area contributed by atoms with Crippen LogP contribution in [-0.2, 0) is 22.9 Å². The van der Waals surface area contributed by atoms with Gasteiger partial charge in [-0.25, -0.2) is 13.1 Å².